The summed E-state index contributed by atoms with van der Waals surface area (Å²) in [7, 11) is 0. The van der Waals surface area contributed by atoms with Gasteiger partial charge in [0.25, 0.3) is 0 Å². The van der Waals surface area contributed by atoms with E-state index in [0.29, 0.717) is 12.8 Å². The van der Waals surface area contributed by atoms with Gasteiger partial charge in [-0.25, -0.2) is 0 Å². The van der Waals surface area contributed by atoms with Gasteiger partial charge in [-0.05, 0) is 18.4 Å². The Hall–Kier alpha value is -1.75. The Bertz CT molecular complexity index is 447. The van der Waals surface area contributed by atoms with Crippen molar-refractivity contribution in [2.45, 2.75) is 32.1 Å². The van der Waals surface area contributed by atoms with Gasteiger partial charge in [-0.1, -0.05) is 42.7 Å². The van der Waals surface area contributed by atoms with Crippen LogP contribution in [0.1, 0.15) is 31.2 Å². The predicted molar refractivity (Wildman–Crippen MR) is 66.5 cm³/mol. The monoisotopic (exact) mass is 228 g/mol. The van der Waals surface area contributed by atoms with Crippen molar-refractivity contribution < 1.29 is 9.90 Å². The van der Waals surface area contributed by atoms with Crippen LogP contribution in [-0.4, -0.2) is 11.1 Å². The van der Waals surface area contributed by atoms with Crippen molar-refractivity contribution in [3.63, 3.8) is 0 Å². The van der Waals surface area contributed by atoms with Crippen LogP contribution in [0.3, 0.4) is 0 Å². The number of carbonyl (C=O) groups is 1. The molecule has 1 fully saturated rings. The van der Waals surface area contributed by atoms with Gasteiger partial charge < -0.3 is 5.11 Å². The van der Waals surface area contributed by atoms with E-state index >= 15 is 0 Å². The summed E-state index contributed by atoms with van der Waals surface area (Å²) < 4.78 is 0. The molecule has 1 aromatic rings. The standard InChI is InChI=1S/C15H16O2/c16-14(17)15(11-6-12-15)10-5-4-9-13-7-2-1-3-8-13/h1-3,7-8H,6,9-12H2,(H,16,17). The van der Waals surface area contributed by atoms with Gasteiger partial charge in [0.1, 0.15) is 0 Å². The van der Waals surface area contributed by atoms with Crippen molar-refractivity contribution in [3.8, 4) is 11.8 Å². The first-order valence-corrected chi connectivity index (χ1v) is 5.96. The third kappa shape index (κ3) is 2.68. The van der Waals surface area contributed by atoms with E-state index in [0.717, 1.165) is 19.3 Å². The van der Waals surface area contributed by atoms with Crippen molar-refractivity contribution in [1.29, 1.82) is 0 Å². The highest BCUT2D eigenvalue weighted by atomic mass is 16.4. The fourth-order valence-electron chi connectivity index (χ4n) is 2.06. The van der Waals surface area contributed by atoms with Gasteiger partial charge >= 0.3 is 5.97 Å². The minimum atomic E-state index is -0.683. The average molecular weight is 228 g/mol. The number of hydrogen-bond donors (Lipinski definition) is 1. The zero-order valence-electron chi connectivity index (χ0n) is 9.78. The van der Waals surface area contributed by atoms with Crippen LogP contribution in [0, 0.1) is 17.3 Å². The van der Waals surface area contributed by atoms with Gasteiger partial charge in [-0.2, -0.15) is 0 Å². The smallest absolute Gasteiger partial charge is 0.310 e. The van der Waals surface area contributed by atoms with Gasteiger partial charge in [0, 0.05) is 12.8 Å². The Labute approximate surface area is 102 Å². The summed E-state index contributed by atoms with van der Waals surface area (Å²) in [4.78, 5) is 11.1. The van der Waals surface area contributed by atoms with E-state index in [1.165, 1.54) is 5.56 Å². The number of aliphatic carboxylic acids is 1. The topological polar surface area (TPSA) is 37.3 Å². The molecule has 1 saturated carbocycles. The van der Waals surface area contributed by atoms with Crippen LogP contribution in [0.2, 0.25) is 0 Å². The SMILES string of the molecule is O=C(O)C1(CC#CCc2ccccc2)CCC1. The Morgan fingerprint density at radius 3 is 2.47 bits per heavy atom. The number of carboxylic acids is 1. The maximum atomic E-state index is 11.1. The first kappa shape index (κ1) is 11.7. The second-order valence-corrected chi connectivity index (χ2v) is 4.63. The molecule has 2 rings (SSSR count). The highest BCUT2D eigenvalue weighted by molar-refractivity contribution is 5.76. The molecule has 0 heterocycles. The molecule has 1 aromatic carbocycles. The van der Waals surface area contributed by atoms with Gasteiger partial charge in [0.15, 0.2) is 0 Å². The summed E-state index contributed by atoms with van der Waals surface area (Å²) in [5.74, 6) is 5.41. The maximum absolute atomic E-state index is 11.1. The lowest BCUT2D eigenvalue weighted by atomic mass is 9.67. The second-order valence-electron chi connectivity index (χ2n) is 4.63. The molecule has 0 atom stereocenters. The van der Waals surface area contributed by atoms with Crippen LogP contribution >= 0.6 is 0 Å². The van der Waals surface area contributed by atoms with E-state index in [1.54, 1.807) is 0 Å². The number of hydrogen-bond acceptors (Lipinski definition) is 1. The van der Waals surface area contributed by atoms with Crippen LogP contribution in [0.5, 0.6) is 0 Å². The van der Waals surface area contributed by atoms with Crippen molar-refractivity contribution in [1.82, 2.24) is 0 Å². The van der Waals surface area contributed by atoms with E-state index in [2.05, 4.69) is 11.8 Å². The molecule has 0 saturated heterocycles. The molecule has 2 heteroatoms. The Kier molecular flexibility index (Phi) is 3.49. The van der Waals surface area contributed by atoms with E-state index in [4.69, 9.17) is 5.11 Å². The van der Waals surface area contributed by atoms with E-state index in [-0.39, 0.29) is 0 Å². The molecule has 0 bridgehead atoms. The van der Waals surface area contributed by atoms with Gasteiger partial charge in [-0.3, -0.25) is 4.79 Å². The highest BCUT2D eigenvalue weighted by Crippen LogP contribution is 2.43. The van der Waals surface area contributed by atoms with Crippen LogP contribution in [0.15, 0.2) is 30.3 Å². The molecule has 1 aliphatic rings. The molecular formula is C15H16O2. The summed E-state index contributed by atoms with van der Waals surface area (Å²) in [6.07, 6.45) is 3.78. The van der Waals surface area contributed by atoms with Crippen LogP contribution in [0.4, 0.5) is 0 Å². The fraction of sp³-hybridized carbons (Fsp3) is 0.400. The molecule has 1 aliphatic carbocycles. The molecular weight excluding hydrogens is 212 g/mol. The van der Waals surface area contributed by atoms with Gasteiger partial charge in [-0.15, -0.1) is 5.92 Å². The summed E-state index contributed by atoms with van der Waals surface area (Å²) >= 11 is 0. The molecule has 1 N–H and O–H groups in total. The van der Waals surface area contributed by atoms with Crippen molar-refractivity contribution in [2.75, 3.05) is 0 Å². The molecule has 17 heavy (non-hydrogen) atoms. The minimum absolute atomic E-state index is 0.495. The number of rotatable bonds is 3. The lowest BCUT2D eigenvalue weighted by Gasteiger charge is -2.35. The van der Waals surface area contributed by atoms with E-state index in [1.807, 2.05) is 30.3 Å². The van der Waals surface area contributed by atoms with Gasteiger partial charge in [0.05, 0.1) is 5.41 Å². The minimum Gasteiger partial charge on any atom is -0.481 e. The number of carboxylic acid groups (broad SMARTS) is 1. The molecule has 0 aromatic heterocycles. The number of benzene rings is 1. The van der Waals surface area contributed by atoms with Crippen molar-refractivity contribution in [3.05, 3.63) is 35.9 Å². The third-order valence-electron chi connectivity index (χ3n) is 3.45. The Morgan fingerprint density at radius 1 is 1.24 bits per heavy atom. The summed E-state index contributed by atoms with van der Waals surface area (Å²) in [6.45, 7) is 0. The first-order valence-electron chi connectivity index (χ1n) is 5.96. The van der Waals surface area contributed by atoms with Crippen LogP contribution in [0.25, 0.3) is 0 Å². The molecule has 88 valence electrons. The largest absolute Gasteiger partial charge is 0.481 e. The Balaban J connectivity index is 1.89. The quantitative estimate of drug-likeness (QED) is 0.808. The molecule has 0 unspecified atom stereocenters. The van der Waals surface area contributed by atoms with Gasteiger partial charge in [0.2, 0.25) is 0 Å². The van der Waals surface area contributed by atoms with E-state index < -0.39 is 11.4 Å². The highest BCUT2D eigenvalue weighted by Gasteiger charge is 2.43. The maximum Gasteiger partial charge on any atom is 0.310 e. The van der Waals surface area contributed by atoms with Crippen LogP contribution < -0.4 is 0 Å². The van der Waals surface area contributed by atoms with E-state index in [9.17, 15) is 4.79 Å². The molecule has 0 spiro atoms. The molecule has 0 aliphatic heterocycles. The fourth-order valence-corrected chi connectivity index (χ4v) is 2.06. The van der Waals surface area contributed by atoms with Crippen molar-refractivity contribution in [2.24, 2.45) is 5.41 Å². The lowest BCUT2D eigenvalue weighted by molar-refractivity contribution is -0.154. The molecule has 0 amide bonds. The summed E-state index contributed by atoms with van der Waals surface area (Å²) in [5, 5.41) is 9.13. The normalized spacial score (nSPS) is 16.5. The average Bonchev–Trinajstić information content (AvgIpc) is 2.27. The van der Waals surface area contributed by atoms with Crippen LogP contribution in [-0.2, 0) is 11.2 Å². The zero-order chi connectivity index (χ0) is 12.1. The summed E-state index contributed by atoms with van der Waals surface area (Å²) in [6, 6.07) is 10.0. The predicted octanol–water partition coefficient (Wildman–Crippen LogP) is 2.88. The first-order chi connectivity index (χ1) is 8.23. The second kappa shape index (κ2) is 5.05. The lowest BCUT2D eigenvalue weighted by Crippen LogP contribution is -2.37. The third-order valence-corrected chi connectivity index (χ3v) is 3.45. The zero-order valence-corrected chi connectivity index (χ0v) is 9.78. The Morgan fingerprint density at radius 2 is 1.94 bits per heavy atom. The molecule has 0 radical (unpaired) electrons. The van der Waals surface area contributed by atoms with Crippen molar-refractivity contribution >= 4 is 5.97 Å². The summed E-state index contributed by atoms with van der Waals surface area (Å²) in [5.41, 5.74) is 0.641. The molecule has 2 nitrogen and oxygen atoms in total.